The summed E-state index contributed by atoms with van der Waals surface area (Å²) < 4.78 is 5.15. The van der Waals surface area contributed by atoms with Crippen LogP contribution in [-0.4, -0.2) is 42.3 Å². The van der Waals surface area contributed by atoms with Gasteiger partial charge in [0, 0.05) is 30.6 Å². The number of carbonyl (C=O) groups excluding carboxylic acids is 1. The highest BCUT2D eigenvalue weighted by Crippen LogP contribution is 2.10. The van der Waals surface area contributed by atoms with E-state index < -0.39 is 5.60 Å². The third-order valence-corrected chi connectivity index (χ3v) is 3.29. The van der Waals surface area contributed by atoms with Gasteiger partial charge in [-0.3, -0.25) is 0 Å². The molecule has 0 aromatic carbocycles. The van der Waals surface area contributed by atoms with Crippen molar-refractivity contribution in [3.63, 3.8) is 0 Å². The molecule has 1 fully saturated rings. The minimum atomic E-state index is -0.414. The Labute approximate surface area is 102 Å². The van der Waals surface area contributed by atoms with Crippen molar-refractivity contribution in [2.45, 2.75) is 38.8 Å². The van der Waals surface area contributed by atoms with Gasteiger partial charge in [0.25, 0.3) is 0 Å². The van der Waals surface area contributed by atoms with Gasteiger partial charge in [0.2, 0.25) is 0 Å². The summed E-state index contributed by atoms with van der Waals surface area (Å²) >= 11 is 1.97. The Kier molecular flexibility index (Phi) is 5.41. The zero-order valence-corrected chi connectivity index (χ0v) is 11.2. The molecule has 1 rings (SSSR count). The van der Waals surface area contributed by atoms with E-state index in [0.717, 1.165) is 18.7 Å². The summed E-state index contributed by atoms with van der Waals surface area (Å²) in [5.41, 5.74) is -0.414. The van der Waals surface area contributed by atoms with Gasteiger partial charge in [-0.25, -0.2) is 4.79 Å². The molecule has 1 atom stereocenters. The average molecular weight is 246 g/mol. The Morgan fingerprint density at radius 3 is 2.88 bits per heavy atom. The predicted octanol–water partition coefficient (Wildman–Crippen LogP) is 1.61. The summed E-state index contributed by atoms with van der Waals surface area (Å²) in [6.45, 7) is 7.35. The van der Waals surface area contributed by atoms with Crippen LogP contribution in [0, 0.1) is 0 Å². The van der Waals surface area contributed by atoms with E-state index in [2.05, 4.69) is 10.6 Å². The Bertz CT molecular complexity index is 223. The van der Waals surface area contributed by atoms with Gasteiger partial charge in [-0.05, 0) is 27.2 Å². The maximum Gasteiger partial charge on any atom is 0.407 e. The molecule has 0 radical (unpaired) electrons. The summed E-state index contributed by atoms with van der Waals surface area (Å²) in [6, 6.07) is 0.522. The van der Waals surface area contributed by atoms with Crippen LogP contribution in [0.3, 0.4) is 0 Å². The molecule has 4 nitrogen and oxygen atoms in total. The second-order valence-electron chi connectivity index (χ2n) is 4.94. The smallest absolute Gasteiger partial charge is 0.407 e. The van der Waals surface area contributed by atoms with Crippen LogP contribution in [0.25, 0.3) is 0 Å². The fourth-order valence-corrected chi connectivity index (χ4v) is 2.47. The Hall–Kier alpha value is -0.420. The minimum absolute atomic E-state index is 0.323. The highest BCUT2D eigenvalue weighted by atomic mass is 32.2. The van der Waals surface area contributed by atoms with Gasteiger partial charge in [0.05, 0.1) is 0 Å². The highest BCUT2D eigenvalue weighted by Gasteiger charge is 2.17. The van der Waals surface area contributed by atoms with E-state index in [1.165, 1.54) is 5.75 Å². The monoisotopic (exact) mass is 246 g/mol. The van der Waals surface area contributed by atoms with E-state index >= 15 is 0 Å². The van der Waals surface area contributed by atoms with E-state index in [9.17, 15) is 4.79 Å². The van der Waals surface area contributed by atoms with Crippen LogP contribution < -0.4 is 10.6 Å². The van der Waals surface area contributed by atoms with Gasteiger partial charge in [-0.1, -0.05) is 0 Å². The molecule has 94 valence electrons. The lowest BCUT2D eigenvalue weighted by Crippen LogP contribution is -2.41. The fraction of sp³-hybridized carbons (Fsp3) is 0.909. The number of carbonyl (C=O) groups is 1. The number of hydrogen-bond donors (Lipinski definition) is 2. The summed E-state index contributed by atoms with van der Waals surface area (Å²) in [5.74, 6) is 2.33. The topological polar surface area (TPSA) is 50.4 Å². The normalized spacial score (nSPS) is 21.6. The second kappa shape index (κ2) is 6.35. The number of nitrogens with one attached hydrogen (secondary N) is 2. The molecule has 2 N–H and O–H groups in total. The van der Waals surface area contributed by atoms with Crippen molar-refractivity contribution in [1.82, 2.24) is 10.6 Å². The van der Waals surface area contributed by atoms with Crippen LogP contribution in [-0.2, 0) is 4.74 Å². The molecule has 0 spiro atoms. The average Bonchev–Trinajstić information content (AvgIpc) is 2.16. The van der Waals surface area contributed by atoms with Crippen molar-refractivity contribution in [3.05, 3.63) is 0 Å². The number of rotatable bonds is 3. The molecule has 0 aromatic heterocycles. The summed E-state index contributed by atoms with van der Waals surface area (Å²) in [6.07, 6.45) is 0.641. The van der Waals surface area contributed by atoms with Gasteiger partial charge >= 0.3 is 6.09 Å². The predicted molar refractivity (Wildman–Crippen MR) is 68.0 cm³/mol. The number of thioether (sulfide) groups is 1. The summed E-state index contributed by atoms with van der Waals surface area (Å²) in [7, 11) is 0. The quantitative estimate of drug-likeness (QED) is 0.794. The molecular formula is C11H22N2O2S. The summed E-state index contributed by atoms with van der Waals surface area (Å²) in [4.78, 5) is 11.3. The first kappa shape index (κ1) is 13.6. The van der Waals surface area contributed by atoms with E-state index in [-0.39, 0.29) is 6.09 Å². The molecule has 1 amide bonds. The molecule has 1 saturated heterocycles. The number of alkyl carbamates (subject to hydrolysis) is 1. The van der Waals surface area contributed by atoms with Crippen molar-refractivity contribution in [2.24, 2.45) is 0 Å². The minimum Gasteiger partial charge on any atom is -0.444 e. The van der Waals surface area contributed by atoms with Crippen LogP contribution in [0.5, 0.6) is 0 Å². The lowest BCUT2D eigenvalue weighted by atomic mass is 10.2. The molecule has 0 bridgehead atoms. The molecular weight excluding hydrogens is 224 g/mol. The maximum atomic E-state index is 11.3. The zero-order valence-electron chi connectivity index (χ0n) is 10.3. The molecule has 1 aliphatic heterocycles. The highest BCUT2D eigenvalue weighted by molar-refractivity contribution is 7.99. The third kappa shape index (κ3) is 6.23. The molecule has 1 aliphatic rings. The molecule has 0 aliphatic carbocycles. The van der Waals surface area contributed by atoms with E-state index in [4.69, 9.17) is 4.74 Å². The van der Waals surface area contributed by atoms with Crippen LogP contribution >= 0.6 is 11.8 Å². The zero-order chi connectivity index (χ0) is 12.0. The number of ether oxygens (including phenoxy) is 1. The third-order valence-electron chi connectivity index (χ3n) is 2.16. The Morgan fingerprint density at radius 2 is 2.31 bits per heavy atom. The molecule has 5 heteroatoms. The first-order valence-corrected chi connectivity index (χ1v) is 6.91. The van der Waals surface area contributed by atoms with Crippen LogP contribution in [0.15, 0.2) is 0 Å². The second-order valence-corrected chi connectivity index (χ2v) is 6.09. The first-order valence-electron chi connectivity index (χ1n) is 5.75. The number of hydrogen-bond acceptors (Lipinski definition) is 4. The SMILES string of the molecule is CC(C)(C)OC(=O)NCCC1CSCCN1. The van der Waals surface area contributed by atoms with E-state index in [1.807, 2.05) is 32.5 Å². The van der Waals surface area contributed by atoms with E-state index in [0.29, 0.717) is 12.6 Å². The van der Waals surface area contributed by atoms with Crippen LogP contribution in [0.4, 0.5) is 4.79 Å². The lowest BCUT2D eigenvalue weighted by Gasteiger charge is -2.24. The van der Waals surface area contributed by atoms with Gasteiger partial charge in [-0.2, -0.15) is 11.8 Å². The standard InChI is InChI=1S/C11H22N2O2S/c1-11(2,3)15-10(14)13-5-4-9-8-16-7-6-12-9/h9,12H,4-8H2,1-3H3,(H,13,14). The van der Waals surface area contributed by atoms with Gasteiger partial charge in [-0.15, -0.1) is 0 Å². The van der Waals surface area contributed by atoms with E-state index in [1.54, 1.807) is 0 Å². The van der Waals surface area contributed by atoms with Gasteiger partial charge in [0.1, 0.15) is 5.60 Å². The molecule has 1 heterocycles. The van der Waals surface area contributed by atoms with Gasteiger partial charge in [0.15, 0.2) is 0 Å². The number of amides is 1. The Morgan fingerprint density at radius 1 is 1.56 bits per heavy atom. The van der Waals surface area contributed by atoms with Crippen molar-refractivity contribution < 1.29 is 9.53 Å². The molecule has 0 saturated carbocycles. The Balaban J connectivity index is 2.08. The van der Waals surface area contributed by atoms with Crippen molar-refractivity contribution in [2.75, 3.05) is 24.6 Å². The van der Waals surface area contributed by atoms with Crippen molar-refractivity contribution >= 4 is 17.9 Å². The largest absolute Gasteiger partial charge is 0.444 e. The molecule has 16 heavy (non-hydrogen) atoms. The molecule has 0 aromatic rings. The summed E-state index contributed by atoms with van der Waals surface area (Å²) in [5, 5.41) is 6.20. The van der Waals surface area contributed by atoms with Gasteiger partial charge < -0.3 is 15.4 Å². The fourth-order valence-electron chi connectivity index (χ4n) is 1.47. The van der Waals surface area contributed by atoms with Crippen LogP contribution in [0.1, 0.15) is 27.2 Å². The lowest BCUT2D eigenvalue weighted by molar-refractivity contribution is 0.0526. The van der Waals surface area contributed by atoms with Crippen molar-refractivity contribution in [1.29, 1.82) is 0 Å². The molecule has 1 unspecified atom stereocenters. The maximum absolute atomic E-state index is 11.3. The van der Waals surface area contributed by atoms with Crippen molar-refractivity contribution in [3.8, 4) is 0 Å². The van der Waals surface area contributed by atoms with Crippen LogP contribution in [0.2, 0.25) is 0 Å². The first-order chi connectivity index (χ1) is 7.47.